The van der Waals surface area contributed by atoms with Crippen LogP contribution in [-0.4, -0.2) is 42.2 Å². The van der Waals surface area contributed by atoms with Crippen molar-refractivity contribution in [2.75, 3.05) is 20.1 Å². The Morgan fingerprint density at radius 1 is 1.30 bits per heavy atom. The molecule has 5 nitrogen and oxygen atoms in total. The molecule has 1 aromatic carbocycles. The molecule has 2 aromatic rings. The van der Waals surface area contributed by atoms with E-state index >= 15 is 0 Å². The van der Waals surface area contributed by atoms with Crippen LogP contribution in [0.15, 0.2) is 35.2 Å². The second kappa shape index (κ2) is 7.37. The monoisotopic (exact) mass is 385 g/mol. The number of hydrogen-bond acceptors (Lipinski definition) is 5. The van der Waals surface area contributed by atoms with Gasteiger partial charge >= 0.3 is 5.97 Å². The maximum absolute atomic E-state index is 11.2. The molecule has 1 unspecified atom stereocenters. The van der Waals surface area contributed by atoms with Gasteiger partial charge in [0.25, 0.3) is 0 Å². The first-order chi connectivity index (χ1) is 13.0. The average molecular weight is 385 g/mol. The Hall–Kier alpha value is -2.31. The minimum absolute atomic E-state index is 0.550. The first-order valence-electron chi connectivity index (χ1n) is 9.17. The molecule has 4 rings (SSSR count). The number of rotatable bonds is 3. The summed E-state index contributed by atoms with van der Waals surface area (Å²) in [7, 11) is 2.15. The number of fused-ring (bicyclic) bond motifs is 2. The second-order valence-corrected chi connectivity index (χ2v) is 8.02. The van der Waals surface area contributed by atoms with E-state index in [4.69, 9.17) is 14.6 Å². The Morgan fingerprint density at radius 2 is 2.07 bits per heavy atom. The van der Waals surface area contributed by atoms with Crippen molar-refractivity contribution < 1.29 is 19.4 Å². The number of benzene rings is 1. The van der Waals surface area contributed by atoms with Crippen LogP contribution >= 0.6 is 11.3 Å². The van der Waals surface area contributed by atoms with Crippen molar-refractivity contribution >= 4 is 22.9 Å². The Labute approximate surface area is 162 Å². The predicted octanol–water partition coefficient (Wildman–Crippen LogP) is 4.02. The highest BCUT2D eigenvalue weighted by Crippen LogP contribution is 2.44. The van der Waals surface area contributed by atoms with Crippen LogP contribution in [0, 0.1) is 0 Å². The molecule has 0 bridgehead atoms. The lowest BCUT2D eigenvalue weighted by Crippen LogP contribution is -2.26. The summed E-state index contributed by atoms with van der Waals surface area (Å²) in [4.78, 5) is 14.8. The van der Waals surface area contributed by atoms with Gasteiger partial charge in [-0.25, -0.2) is 4.79 Å². The fourth-order valence-electron chi connectivity index (χ4n) is 3.59. The van der Waals surface area contributed by atoms with Crippen LogP contribution in [0.4, 0.5) is 0 Å². The van der Waals surface area contributed by atoms with E-state index in [-0.39, 0.29) is 0 Å². The van der Waals surface area contributed by atoms with Gasteiger partial charge in [-0.2, -0.15) is 0 Å². The zero-order chi connectivity index (χ0) is 19.0. The van der Waals surface area contributed by atoms with E-state index in [0.717, 1.165) is 37.2 Å². The summed E-state index contributed by atoms with van der Waals surface area (Å²) in [6.07, 6.45) is 1.16. The van der Waals surface area contributed by atoms with Gasteiger partial charge in [-0.15, -0.1) is 11.3 Å². The smallest absolute Gasteiger partial charge is 0.344 e. The van der Waals surface area contributed by atoms with Gasteiger partial charge in [-0.3, -0.25) is 0 Å². The zero-order valence-corrected chi connectivity index (χ0v) is 16.3. The van der Waals surface area contributed by atoms with Gasteiger partial charge < -0.3 is 19.5 Å². The Balaban J connectivity index is 1.82. The van der Waals surface area contributed by atoms with E-state index in [1.807, 2.05) is 12.1 Å². The molecule has 2 aliphatic rings. The quantitative estimate of drug-likeness (QED) is 0.865. The predicted molar refractivity (Wildman–Crippen MR) is 106 cm³/mol. The van der Waals surface area contributed by atoms with Crippen molar-refractivity contribution in [2.24, 2.45) is 0 Å². The number of likely N-dealkylation sites (tertiary alicyclic amines) is 1. The van der Waals surface area contributed by atoms with Crippen molar-refractivity contribution in [1.82, 2.24) is 4.90 Å². The van der Waals surface area contributed by atoms with Crippen molar-refractivity contribution in [3.05, 3.63) is 51.2 Å². The Morgan fingerprint density at radius 3 is 2.81 bits per heavy atom. The maximum Gasteiger partial charge on any atom is 0.344 e. The normalized spacial score (nSPS) is 18.1. The van der Waals surface area contributed by atoms with Crippen LogP contribution in [0.2, 0.25) is 0 Å². The van der Waals surface area contributed by atoms with Gasteiger partial charge in [0.2, 0.25) is 0 Å². The average Bonchev–Trinajstić information content (AvgIpc) is 3.05. The van der Waals surface area contributed by atoms with E-state index < -0.39 is 12.1 Å². The van der Waals surface area contributed by atoms with E-state index in [1.165, 1.54) is 28.5 Å². The minimum Gasteiger partial charge on any atom is -0.488 e. The lowest BCUT2D eigenvalue weighted by Gasteiger charge is -2.26. The molecule has 1 fully saturated rings. The molecular weight excluding hydrogens is 362 g/mol. The summed E-state index contributed by atoms with van der Waals surface area (Å²) < 4.78 is 11.7. The SMILES string of the molecule is CC(Oc1ccc2c(c1)C(=C1CCN(C)CC1)c1sccc1CO2)C(=O)O. The lowest BCUT2D eigenvalue weighted by atomic mass is 9.91. The van der Waals surface area contributed by atoms with Gasteiger partial charge in [0.05, 0.1) is 0 Å². The number of hydrogen-bond donors (Lipinski definition) is 1. The molecule has 0 saturated carbocycles. The highest BCUT2D eigenvalue weighted by molar-refractivity contribution is 7.11. The number of carboxylic acids is 1. The molecule has 0 spiro atoms. The standard InChI is InChI=1S/C21H23NO4S/c1-13(21(23)24)26-16-3-4-18-17(11-16)19(14-5-8-22(2)9-6-14)20-15(12-25-18)7-10-27-20/h3-4,7,10-11,13H,5-6,8-9,12H2,1-2H3,(H,23,24). The molecule has 2 aliphatic heterocycles. The number of aliphatic carboxylic acids is 1. The molecule has 0 amide bonds. The third-order valence-corrected chi connectivity index (χ3v) is 6.16. The molecule has 1 aromatic heterocycles. The molecule has 142 valence electrons. The van der Waals surface area contributed by atoms with E-state index in [2.05, 4.69) is 23.4 Å². The summed E-state index contributed by atoms with van der Waals surface area (Å²) in [5.74, 6) is 0.407. The zero-order valence-electron chi connectivity index (χ0n) is 15.5. The number of ether oxygens (including phenoxy) is 2. The summed E-state index contributed by atoms with van der Waals surface area (Å²) in [5.41, 5.74) is 4.89. The van der Waals surface area contributed by atoms with Gasteiger partial charge in [-0.05, 0) is 56.5 Å². The van der Waals surface area contributed by atoms with Crippen LogP contribution in [0.5, 0.6) is 11.5 Å². The van der Waals surface area contributed by atoms with Gasteiger partial charge in [0, 0.05) is 34.7 Å². The molecule has 27 heavy (non-hydrogen) atoms. The first-order valence-corrected chi connectivity index (χ1v) is 10.0. The number of carboxylic acid groups (broad SMARTS) is 1. The van der Waals surface area contributed by atoms with Crippen molar-refractivity contribution in [2.45, 2.75) is 32.5 Å². The number of thiophene rings is 1. The van der Waals surface area contributed by atoms with Crippen LogP contribution in [0.1, 0.15) is 35.8 Å². The fraction of sp³-hybridized carbons (Fsp3) is 0.381. The third-order valence-electron chi connectivity index (χ3n) is 5.18. The summed E-state index contributed by atoms with van der Waals surface area (Å²) in [6.45, 7) is 4.18. The van der Waals surface area contributed by atoms with Gasteiger partial charge in [0.1, 0.15) is 18.1 Å². The van der Waals surface area contributed by atoms with Gasteiger partial charge in [-0.1, -0.05) is 5.57 Å². The van der Waals surface area contributed by atoms with Crippen LogP contribution in [0.25, 0.3) is 5.57 Å². The molecule has 1 saturated heterocycles. The largest absolute Gasteiger partial charge is 0.488 e. The number of carbonyl (C=O) groups is 1. The van der Waals surface area contributed by atoms with Gasteiger partial charge in [0.15, 0.2) is 6.10 Å². The summed E-state index contributed by atoms with van der Waals surface area (Å²) in [6, 6.07) is 7.75. The minimum atomic E-state index is -0.976. The second-order valence-electron chi connectivity index (χ2n) is 7.10. The third kappa shape index (κ3) is 3.59. The van der Waals surface area contributed by atoms with E-state index in [9.17, 15) is 4.79 Å². The van der Waals surface area contributed by atoms with Crippen molar-refractivity contribution in [3.8, 4) is 11.5 Å². The molecule has 1 atom stereocenters. The maximum atomic E-state index is 11.2. The molecule has 6 heteroatoms. The van der Waals surface area contributed by atoms with E-state index in [0.29, 0.717) is 12.4 Å². The Bertz CT molecular complexity index is 891. The topological polar surface area (TPSA) is 59.0 Å². The van der Waals surface area contributed by atoms with Crippen LogP contribution in [-0.2, 0) is 11.4 Å². The summed E-state index contributed by atoms with van der Waals surface area (Å²) in [5, 5.41) is 11.3. The molecule has 0 radical (unpaired) electrons. The molecular formula is C21H23NO4S. The van der Waals surface area contributed by atoms with Crippen molar-refractivity contribution in [3.63, 3.8) is 0 Å². The number of piperidine rings is 1. The van der Waals surface area contributed by atoms with Crippen LogP contribution < -0.4 is 9.47 Å². The lowest BCUT2D eigenvalue weighted by molar-refractivity contribution is -0.144. The summed E-state index contributed by atoms with van der Waals surface area (Å²) >= 11 is 1.74. The molecule has 1 N–H and O–H groups in total. The highest BCUT2D eigenvalue weighted by Gasteiger charge is 2.26. The molecule has 3 heterocycles. The van der Waals surface area contributed by atoms with E-state index in [1.54, 1.807) is 17.4 Å². The Kier molecular flexibility index (Phi) is 4.93. The number of nitrogens with zero attached hydrogens (tertiary/aromatic N) is 1. The molecule has 0 aliphatic carbocycles. The first kappa shape index (κ1) is 18.1. The van der Waals surface area contributed by atoms with Crippen LogP contribution in [0.3, 0.4) is 0 Å². The van der Waals surface area contributed by atoms with Crippen molar-refractivity contribution in [1.29, 1.82) is 0 Å². The highest BCUT2D eigenvalue weighted by atomic mass is 32.1. The fourth-order valence-corrected chi connectivity index (χ4v) is 4.61.